The van der Waals surface area contributed by atoms with Crippen LogP contribution in [0.4, 0.5) is 5.69 Å². The van der Waals surface area contributed by atoms with Crippen LogP contribution in [-0.4, -0.2) is 23.6 Å². The van der Waals surface area contributed by atoms with Gasteiger partial charge in [-0.3, -0.25) is 9.59 Å². The van der Waals surface area contributed by atoms with Gasteiger partial charge >= 0.3 is 0 Å². The molecule has 6 nitrogen and oxygen atoms in total. The molecule has 0 bridgehead atoms. The van der Waals surface area contributed by atoms with E-state index in [9.17, 15) is 14.7 Å². The van der Waals surface area contributed by atoms with Crippen LogP contribution in [0.1, 0.15) is 11.1 Å². The fraction of sp³-hybridized carbons (Fsp3) is 0.0556. The second-order valence-electron chi connectivity index (χ2n) is 4.84. The quantitative estimate of drug-likeness (QED) is 0.355. The van der Waals surface area contributed by atoms with Crippen LogP contribution in [0.5, 0.6) is 5.75 Å². The Morgan fingerprint density at radius 1 is 1.21 bits per heavy atom. The van der Waals surface area contributed by atoms with Crippen LogP contribution in [-0.2, 0) is 16.1 Å². The predicted octanol–water partition coefficient (Wildman–Crippen LogP) is 2.19. The van der Waals surface area contributed by atoms with Crippen molar-refractivity contribution in [3.05, 3.63) is 72.3 Å². The van der Waals surface area contributed by atoms with Crippen LogP contribution in [0.3, 0.4) is 0 Å². The van der Waals surface area contributed by atoms with Crippen LogP contribution < -0.4 is 10.3 Å². The third kappa shape index (κ3) is 4.54. The van der Waals surface area contributed by atoms with Crippen LogP contribution in [0, 0.1) is 0 Å². The molecule has 2 aromatic rings. The SMILES string of the molecule is C=CC(=O)NCc1ccc(N(C=O)/N=C/c2ccccc2O)cc1. The maximum absolute atomic E-state index is 11.2. The van der Waals surface area contributed by atoms with Crippen molar-refractivity contribution in [1.29, 1.82) is 0 Å². The minimum Gasteiger partial charge on any atom is -0.507 e. The van der Waals surface area contributed by atoms with E-state index in [-0.39, 0.29) is 11.7 Å². The molecule has 0 radical (unpaired) electrons. The summed E-state index contributed by atoms with van der Waals surface area (Å²) in [7, 11) is 0. The molecule has 122 valence electrons. The number of amides is 2. The lowest BCUT2D eigenvalue weighted by atomic mass is 10.2. The molecular weight excluding hydrogens is 306 g/mol. The topological polar surface area (TPSA) is 82.0 Å². The number of benzene rings is 2. The number of nitrogens with zero attached hydrogens (tertiary/aromatic N) is 2. The van der Waals surface area contributed by atoms with E-state index in [2.05, 4.69) is 17.0 Å². The molecule has 2 N–H and O–H groups in total. The number of hydrazone groups is 1. The lowest BCUT2D eigenvalue weighted by Gasteiger charge is -2.12. The second-order valence-corrected chi connectivity index (χ2v) is 4.84. The third-order valence-corrected chi connectivity index (χ3v) is 3.21. The number of aromatic hydroxyl groups is 1. The molecule has 0 fully saturated rings. The standard InChI is InChI=1S/C18H17N3O3/c1-2-18(24)19-11-14-7-9-16(10-8-14)21(13-22)20-12-15-5-3-4-6-17(15)23/h2-10,12-13,23H,1,11H2,(H,19,24)/b20-12+. The molecule has 2 amide bonds. The lowest BCUT2D eigenvalue weighted by molar-refractivity contribution is -0.116. The van der Waals surface area contributed by atoms with Gasteiger partial charge in [0.25, 0.3) is 0 Å². The summed E-state index contributed by atoms with van der Waals surface area (Å²) in [5, 5.41) is 17.6. The van der Waals surface area contributed by atoms with Crippen molar-refractivity contribution in [2.75, 3.05) is 5.01 Å². The molecule has 0 aliphatic heterocycles. The van der Waals surface area contributed by atoms with E-state index in [1.807, 2.05) is 0 Å². The van der Waals surface area contributed by atoms with E-state index >= 15 is 0 Å². The summed E-state index contributed by atoms with van der Waals surface area (Å²) in [5.74, 6) is -0.165. The van der Waals surface area contributed by atoms with Gasteiger partial charge in [0, 0.05) is 12.1 Å². The number of para-hydroxylation sites is 1. The van der Waals surface area contributed by atoms with E-state index in [0.717, 1.165) is 10.6 Å². The number of carbonyl (C=O) groups is 2. The highest BCUT2D eigenvalue weighted by Crippen LogP contribution is 2.16. The van der Waals surface area contributed by atoms with Gasteiger partial charge in [0.05, 0.1) is 11.9 Å². The average molecular weight is 323 g/mol. The average Bonchev–Trinajstić information content (AvgIpc) is 2.62. The predicted molar refractivity (Wildman–Crippen MR) is 92.7 cm³/mol. The first kappa shape index (κ1) is 17.0. The summed E-state index contributed by atoms with van der Waals surface area (Å²) in [6.45, 7) is 3.75. The molecule has 6 heteroatoms. The minimum atomic E-state index is -0.249. The van der Waals surface area contributed by atoms with Gasteiger partial charge in [-0.25, -0.2) is 5.01 Å². The molecule has 0 saturated carbocycles. The number of phenols is 1. The summed E-state index contributed by atoms with van der Waals surface area (Å²) in [6, 6.07) is 13.7. The summed E-state index contributed by atoms with van der Waals surface area (Å²) >= 11 is 0. The molecule has 2 aromatic carbocycles. The lowest BCUT2D eigenvalue weighted by Crippen LogP contribution is -2.20. The van der Waals surface area contributed by atoms with E-state index in [0.29, 0.717) is 24.2 Å². The fourth-order valence-electron chi connectivity index (χ4n) is 1.90. The molecule has 2 rings (SSSR count). The fourth-order valence-corrected chi connectivity index (χ4v) is 1.90. The van der Waals surface area contributed by atoms with Gasteiger partial charge in [-0.05, 0) is 35.9 Å². The number of hydrogen-bond acceptors (Lipinski definition) is 4. The molecule has 0 heterocycles. The van der Waals surface area contributed by atoms with Crippen LogP contribution in [0.25, 0.3) is 0 Å². The molecule has 0 aliphatic rings. The minimum absolute atomic E-state index is 0.0837. The van der Waals surface area contributed by atoms with Gasteiger partial charge in [0.1, 0.15) is 5.75 Å². The monoisotopic (exact) mass is 323 g/mol. The van der Waals surface area contributed by atoms with Crippen molar-refractivity contribution < 1.29 is 14.7 Å². The number of phenolic OH excluding ortho intramolecular Hbond substituents is 1. The summed E-state index contributed by atoms with van der Waals surface area (Å²) < 4.78 is 0. The highest BCUT2D eigenvalue weighted by molar-refractivity contribution is 5.87. The van der Waals surface area contributed by atoms with Crippen molar-refractivity contribution in [3.63, 3.8) is 0 Å². The third-order valence-electron chi connectivity index (χ3n) is 3.21. The Hall–Kier alpha value is -3.41. The van der Waals surface area contributed by atoms with Gasteiger partial charge in [-0.2, -0.15) is 5.10 Å². The Morgan fingerprint density at radius 2 is 1.92 bits per heavy atom. The Balaban J connectivity index is 2.08. The highest BCUT2D eigenvalue weighted by Gasteiger charge is 2.04. The van der Waals surface area contributed by atoms with Crippen molar-refractivity contribution in [2.45, 2.75) is 6.54 Å². The molecule has 0 saturated heterocycles. The first-order valence-corrected chi connectivity index (χ1v) is 7.19. The highest BCUT2D eigenvalue weighted by atomic mass is 16.3. The number of rotatable bonds is 7. The Bertz CT molecular complexity index is 754. The van der Waals surface area contributed by atoms with Crippen molar-refractivity contribution in [2.24, 2.45) is 5.10 Å². The summed E-state index contributed by atoms with van der Waals surface area (Å²) in [6.07, 6.45) is 3.18. The molecule has 0 unspecified atom stereocenters. The summed E-state index contributed by atoms with van der Waals surface area (Å²) in [4.78, 5) is 22.4. The largest absolute Gasteiger partial charge is 0.507 e. The smallest absolute Gasteiger partial charge is 0.243 e. The first-order valence-electron chi connectivity index (χ1n) is 7.19. The molecule has 24 heavy (non-hydrogen) atoms. The molecule has 0 spiro atoms. The van der Waals surface area contributed by atoms with E-state index in [1.54, 1.807) is 48.5 Å². The Labute approximate surface area is 139 Å². The molecule has 0 atom stereocenters. The van der Waals surface area contributed by atoms with Gasteiger partial charge in [-0.1, -0.05) is 30.8 Å². The van der Waals surface area contributed by atoms with Gasteiger partial charge < -0.3 is 10.4 Å². The Morgan fingerprint density at radius 3 is 2.54 bits per heavy atom. The molecule has 0 aliphatic carbocycles. The van der Waals surface area contributed by atoms with E-state index < -0.39 is 0 Å². The zero-order chi connectivity index (χ0) is 17.4. The van der Waals surface area contributed by atoms with E-state index in [1.165, 1.54) is 12.3 Å². The Kier molecular flexibility index (Phi) is 5.85. The van der Waals surface area contributed by atoms with Crippen LogP contribution >= 0.6 is 0 Å². The number of anilines is 1. The molecular formula is C18H17N3O3. The normalized spacial score (nSPS) is 10.3. The van der Waals surface area contributed by atoms with Gasteiger partial charge in [0.2, 0.25) is 12.3 Å². The first-order chi connectivity index (χ1) is 11.6. The number of hydrogen-bond donors (Lipinski definition) is 2. The van der Waals surface area contributed by atoms with Crippen molar-refractivity contribution in [1.82, 2.24) is 5.32 Å². The van der Waals surface area contributed by atoms with Crippen molar-refractivity contribution >= 4 is 24.2 Å². The van der Waals surface area contributed by atoms with Crippen LogP contribution in [0.2, 0.25) is 0 Å². The van der Waals surface area contributed by atoms with Gasteiger partial charge in [0.15, 0.2) is 0 Å². The number of carbonyl (C=O) groups excluding carboxylic acids is 2. The maximum atomic E-state index is 11.2. The van der Waals surface area contributed by atoms with Crippen LogP contribution in [0.15, 0.2) is 66.3 Å². The second kappa shape index (κ2) is 8.28. The zero-order valence-corrected chi connectivity index (χ0v) is 12.9. The van der Waals surface area contributed by atoms with Crippen molar-refractivity contribution in [3.8, 4) is 5.75 Å². The zero-order valence-electron chi connectivity index (χ0n) is 12.9. The maximum Gasteiger partial charge on any atom is 0.243 e. The van der Waals surface area contributed by atoms with E-state index in [4.69, 9.17) is 0 Å². The molecule has 0 aromatic heterocycles. The summed E-state index contributed by atoms with van der Waals surface area (Å²) in [5.41, 5.74) is 1.95. The number of nitrogens with one attached hydrogen (secondary N) is 1. The van der Waals surface area contributed by atoms with Gasteiger partial charge in [-0.15, -0.1) is 0 Å².